The summed E-state index contributed by atoms with van der Waals surface area (Å²) in [5, 5.41) is 5.90. The van der Waals surface area contributed by atoms with Crippen LogP contribution in [-0.4, -0.2) is 64.9 Å². The Morgan fingerprint density at radius 2 is 0.429 bits per heavy atom. The van der Waals surface area contributed by atoms with Crippen molar-refractivity contribution >= 4 is 12.2 Å². The van der Waals surface area contributed by atoms with Crippen molar-refractivity contribution in [3.63, 3.8) is 0 Å². The Morgan fingerprint density at radius 1 is 0.241 bits per heavy atom. The minimum Gasteiger partial charge on any atom is -0.490 e. The third-order valence-corrected chi connectivity index (χ3v) is 21.6. The minimum atomic E-state index is -0.449. The van der Waals surface area contributed by atoms with E-state index in [1.807, 2.05) is 24.3 Å². The number of alkyl carbamates (subject to hydrolysis) is 2. The van der Waals surface area contributed by atoms with Crippen LogP contribution in [0.25, 0.3) is 0 Å². The van der Waals surface area contributed by atoms with Crippen LogP contribution in [0.1, 0.15) is 476 Å². The molecule has 0 radical (unpaired) electrons. The minimum absolute atomic E-state index is 0.0974. The fourth-order valence-electron chi connectivity index (χ4n) is 14.4. The second-order valence-electron chi connectivity index (χ2n) is 32.5. The van der Waals surface area contributed by atoms with Gasteiger partial charge in [0.1, 0.15) is 13.2 Å². The van der Waals surface area contributed by atoms with Crippen LogP contribution >= 0.6 is 0 Å². The molecule has 0 aromatic heterocycles. The smallest absolute Gasteiger partial charge is 0.407 e. The first kappa shape index (κ1) is 103. The second kappa shape index (κ2) is 82.4. The Labute approximate surface area is 691 Å². The molecule has 0 aliphatic heterocycles. The molecule has 0 atom stereocenters. The Hall–Kier alpha value is -5.10. The van der Waals surface area contributed by atoms with Gasteiger partial charge in [0.25, 0.3) is 0 Å². The van der Waals surface area contributed by atoms with Gasteiger partial charge in [-0.15, -0.1) is 0 Å². The predicted molar refractivity (Wildman–Crippen MR) is 477 cm³/mol. The van der Waals surface area contributed by atoms with Crippen molar-refractivity contribution < 1.29 is 47.5 Å². The summed E-state index contributed by atoms with van der Waals surface area (Å²) in [5.41, 5.74) is 1.64. The fourth-order valence-corrected chi connectivity index (χ4v) is 14.4. The number of hydrogen-bond acceptors (Lipinski definition) is 10. The van der Waals surface area contributed by atoms with Gasteiger partial charge in [-0.1, -0.05) is 400 Å². The van der Waals surface area contributed by atoms with Crippen molar-refractivity contribution in [1.82, 2.24) is 10.6 Å². The molecule has 2 amide bonds. The number of carbonyl (C=O) groups is 2. The molecular formula is C100H176N2O10. The lowest BCUT2D eigenvalue weighted by atomic mass is 10.1. The molecule has 0 saturated heterocycles. The Morgan fingerprint density at radius 3 is 0.634 bits per heavy atom. The number of nitrogens with one attached hydrogen (secondary N) is 2. The van der Waals surface area contributed by atoms with E-state index in [1.165, 1.54) is 308 Å². The first-order valence-corrected chi connectivity index (χ1v) is 48.3. The molecule has 2 aromatic rings. The first-order chi connectivity index (χ1) is 55.4. The van der Waals surface area contributed by atoms with Crippen molar-refractivity contribution in [2.75, 3.05) is 52.7 Å². The van der Waals surface area contributed by atoms with Gasteiger partial charge in [0.2, 0.25) is 11.5 Å². The highest BCUT2D eigenvalue weighted by Crippen LogP contribution is 2.42. The largest absolute Gasteiger partial charge is 0.490 e. The van der Waals surface area contributed by atoms with Crippen LogP contribution in [0.2, 0.25) is 0 Å². The van der Waals surface area contributed by atoms with E-state index in [0.29, 0.717) is 100 Å². The van der Waals surface area contributed by atoms with Crippen LogP contribution < -0.4 is 39.1 Å². The van der Waals surface area contributed by atoms with Crippen molar-refractivity contribution in [3.8, 4) is 58.2 Å². The summed E-state index contributed by atoms with van der Waals surface area (Å²) in [6.45, 7) is 18.5. The maximum absolute atomic E-state index is 13.1. The van der Waals surface area contributed by atoms with Crippen LogP contribution in [0.5, 0.6) is 34.5 Å². The lowest BCUT2D eigenvalue weighted by molar-refractivity contribution is 0.138. The lowest BCUT2D eigenvalue weighted by Gasteiger charge is -2.19. The number of unbranched alkanes of at least 4 members (excludes halogenated alkanes) is 58. The van der Waals surface area contributed by atoms with E-state index in [1.54, 1.807) is 0 Å². The van der Waals surface area contributed by atoms with E-state index >= 15 is 0 Å². The van der Waals surface area contributed by atoms with Crippen molar-refractivity contribution in [2.45, 2.75) is 479 Å². The van der Waals surface area contributed by atoms with E-state index in [0.717, 1.165) is 114 Å². The molecule has 0 saturated carbocycles. The highest BCUT2D eigenvalue weighted by atomic mass is 16.6. The van der Waals surface area contributed by atoms with Gasteiger partial charge in [-0.3, -0.25) is 0 Å². The highest BCUT2D eigenvalue weighted by Gasteiger charge is 2.20. The van der Waals surface area contributed by atoms with Gasteiger partial charge >= 0.3 is 12.2 Å². The zero-order chi connectivity index (χ0) is 80.2. The monoisotopic (exact) mass is 1570 g/mol. The molecule has 12 heteroatoms. The number of hydrogen-bond donors (Lipinski definition) is 2. The molecule has 646 valence electrons. The molecule has 2 aromatic carbocycles. The maximum atomic E-state index is 13.1. The van der Waals surface area contributed by atoms with Crippen LogP contribution in [0, 0.1) is 23.7 Å². The molecule has 0 fully saturated rings. The van der Waals surface area contributed by atoms with Crippen molar-refractivity contribution in [2.24, 2.45) is 0 Å². The van der Waals surface area contributed by atoms with Crippen LogP contribution in [0.3, 0.4) is 0 Å². The molecule has 0 aliphatic rings. The van der Waals surface area contributed by atoms with Gasteiger partial charge in [-0.05, 0) is 111 Å². The molecule has 0 spiro atoms. The first-order valence-electron chi connectivity index (χ1n) is 48.3. The molecular weight excluding hydrogens is 1390 g/mol. The molecule has 0 unspecified atom stereocenters. The quantitative estimate of drug-likeness (QED) is 0.0487. The summed E-state index contributed by atoms with van der Waals surface area (Å²) in [5.74, 6) is 16.4. The van der Waals surface area contributed by atoms with Crippen molar-refractivity contribution in [1.29, 1.82) is 0 Å². The van der Waals surface area contributed by atoms with Crippen molar-refractivity contribution in [3.05, 3.63) is 35.4 Å². The van der Waals surface area contributed by atoms with Crippen LogP contribution in [-0.2, 0) is 22.7 Å². The second-order valence-corrected chi connectivity index (χ2v) is 32.5. The molecule has 2 N–H and O–H groups in total. The molecule has 12 nitrogen and oxygen atoms in total. The summed E-state index contributed by atoms with van der Waals surface area (Å²) in [6.07, 6.45) is 79.6. The zero-order valence-electron chi connectivity index (χ0n) is 74.1. The SMILES string of the molecule is CCCCCCCCCCCCOc1cc(COC(=O)NCCCCC#CC#CCCCCNC(=O)OCc2cc(OCCCCCCCCCCCC)c(OCCCCCCCCCCCC)c(OCCCCCCCCCCCC)c2)cc(OCCCCCCCCCCCC)c1OCCCCCCCCCCCC. The molecule has 0 heterocycles. The van der Waals surface area contributed by atoms with Crippen LogP contribution in [0.4, 0.5) is 9.59 Å². The Bertz CT molecular complexity index is 2270. The van der Waals surface area contributed by atoms with E-state index < -0.39 is 12.2 Å². The van der Waals surface area contributed by atoms with E-state index in [9.17, 15) is 9.59 Å². The number of benzene rings is 2. The topological polar surface area (TPSA) is 132 Å². The Balaban J connectivity index is 1.98. The van der Waals surface area contributed by atoms with E-state index in [2.05, 4.69) is 75.9 Å². The molecule has 112 heavy (non-hydrogen) atoms. The number of rotatable bonds is 84. The van der Waals surface area contributed by atoms with Gasteiger partial charge in [0, 0.05) is 25.9 Å². The average molecular weight is 1570 g/mol. The predicted octanol–water partition coefficient (Wildman–Crippen LogP) is 31.0. The summed E-state index contributed by atoms with van der Waals surface area (Å²) in [7, 11) is 0. The van der Waals surface area contributed by atoms with E-state index in [-0.39, 0.29) is 13.2 Å². The summed E-state index contributed by atoms with van der Waals surface area (Å²) < 4.78 is 51.3. The standard InChI is InChI=1S/C100H176N2O10/c1-7-13-19-25-31-37-47-55-63-71-79-105-93-85-91(86-94(106-80-72-64-56-48-38-32-26-20-14-8-2)97(93)109-83-75-67-59-51-41-35-29-23-17-11-5)89-111-99(103)101-77-69-61-53-45-43-44-46-54-62-70-78-102-100(104)112-90-92-87-95(107-81-73-65-57-49-39-33-27-21-15-9-3)98(110-84-76-68-60-52-42-36-30-24-18-12-6)96(88-92)108-82-74-66-58-50-40-34-28-22-16-10-4/h85-88H,7-42,47-84,89-90H2,1-6H3,(H,101,103)(H,102,104). The fraction of sp³-hybridized carbons (Fsp3) is 0.820. The Kier molecular flexibility index (Phi) is 75.8. The third kappa shape index (κ3) is 65.1. The van der Waals surface area contributed by atoms with Gasteiger partial charge in [-0.2, -0.15) is 0 Å². The number of amides is 2. The number of carbonyl (C=O) groups excluding carboxylic acids is 2. The molecule has 2 rings (SSSR count). The van der Waals surface area contributed by atoms with Gasteiger partial charge in [-0.25, -0.2) is 9.59 Å². The van der Waals surface area contributed by atoms with Gasteiger partial charge in [0.15, 0.2) is 23.0 Å². The zero-order valence-corrected chi connectivity index (χ0v) is 74.1. The van der Waals surface area contributed by atoms with Gasteiger partial charge < -0.3 is 48.5 Å². The normalized spacial score (nSPS) is 11.1. The van der Waals surface area contributed by atoms with E-state index in [4.69, 9.17) is 37.9 Å². The summed E-state index contributed by atoms with van der Waals surface area (Å²) in [4.78, 5) is 26.3. The van der Waals surface area contributed by atoms with Crippen LogP contribution in [0.15, 0.2) is 24.3 Å². The average Bonchev–Trinajstić information content (AvgIpc) is 0.831. The third-order valence-electron chi connectivity index (χ3n) is 21.6. The highest BCUT2D eigenvalue weighted by molar-refractivity contribution is 5.67. The molecule has 0 aliphatic carbocycles. The summed E-state index contributed by atoms with van der Waals surface area (Å²) in [6, 6.07) is 7.98. The lowest BCUT2D eigenvalue weighted by Crippen LogP contribution is -2.25. The van der Waals surface area contributed by atoms with Gasteiger partial charge in [0.05, 0.1) is 39.6 Å². The maximum Gasteiger partial charge on any atom is 0.407 e. The summed E-state index contributed by atoms with van der Waals surface area (Å²) >= 11 is 0. The molecule has 0 bridgehead atoms. The number of ether oxygens (including phenoxy) is 8.